The fourth-order valence-electron chi connectivity index (χ4n) is 1.28. The van der Waals surface area contributed by atoms with Crippen LogP contribution in [0, 0.1) is 5.82 Å². The van der Waals surface area contributed by atoms with Crippen LogP contribution in [0.4, 0.5) is 4.39 Å². The van der Waals surface area contributed by atoms with Crippen LogP contribution in [0.5, 0.6) is 0 Å². The molecular formula is C10H7BrFN3O. The molecule has 0 fully saturated rings. The molecule has 0 amide bonds. The molecule has 0 N–H and O–H groups in total. The molecule has 1 aromatic heterocycles. The Morgan fingerprint density at radius 2 is 2.25 bits per heavy atom. The molecule has 0 bridgehead atoms. The molecule has 0 saturated heterocycles. The normalized spacial score (nSPS) is 10.4. The minimum atomic E-state index is -0.403. The first-order chi connectivity index (χ1) is 7.59. The first kappa shape index (κ1) is 10.9. The Balaban J connectivity index is 2.42. The molecule has 0 unspecified atom stereocenters. The van der Waals surface area contributed by atoms with Gasteiger partial charge in [0.2, 0.25) is 5.78 Å². The zero-order chi connectivity index (χ0) is 11.7. The van der Waals surface area contributed by atoms with Crippen LogP contribution in [0.25, 0.3) is 0 Å². The number of nitrogens with zero attached hydrogens (tertiary/aromatic N) is 3. The van der Waals surface area contributed by atoms with Crippen LogP contribution < -0.4 is 0 Å². The van der Waals surface area contributed by atoms with Gasteiger partial charge in [-0.2, -0.15) is 0 Å². The highest BCUT2D eigenvalue weighted by Crippen LogP contribution is 2.18. The Labute approximate surface area is 99.2 Å². The first-order valence-electron chi connectivity index (χ1n) is 4.44. The summed E-state index contributed by atoms with van der Waals surface area (Å²) < 4.78 is 14.6. The number of ketones is 1. The van der Waals surface area contributed by atoms with Crippen molar-refractivity contribution in [2.24, 2.45) is 7.05 Å². The Bertz CT molecular complexity index is 553. The van der Waals surface area contributed by atoms with E-state index in [4.69, 9.17) is 0 Å². The molecule has 0 radical (unpaired) electrons. The van der Waals surface area contributed by atoms with Gasteiger partial charge in [0, 0.05) is 12.6 Å². The maximum absolute atomic E-state index is 13.0. The van der Waals surface area contributed by atoms with Gasteiger partial charge >= 0.3 is 0 Å². The van der Waals surface area contributed by atoms with Gasteiger partial charge in [-0.15, -0.1) is 5.10 Å². The van der Waals surface area contributed by atoms with Gasteiger partial charge in [0.1, 0.15) is 11.5 Å². The third kappa shape index (κ3) is 1.88. The third-order valence-corrected chi connectivity index (χ3v) is 2.74. The van der Waals surface area contributed by atoms with Crippen LogP contribution in [0.3, 0.4) is 0 Å². The molecular weight excluding hydrogens is 277 g/mol. The molecule has 0 aliphatic rings. The zero-order valence-electron chi connectivity index (χ0n) is 8.32. The van der Waals surface area contributed by atoms with Gasteiger partial charge in [0.05, 0.1) is 10.7 Å². The summed E-state index contributed by atoms with van der Waals surface area (Å²) in [5, 5.41) is 7.28. The fourth-order valence-corrected chi connectivity index (χ4v) is 1.66. The molecule has 2 aromatic rings. The van der Waals surface area contributed by atoms with E-state index in [1.165, 1.54) is 29.1 Å². The van der Waals surface area contributed by atoms with E-state index in [1.807, 2.05) is 0 Å². The van der Waals surface area contributed by atoms with Crippen LogP contribution >= 0.6 is 15.9 Å². The second-order valence-corrected chi connectivity index (χ2v) is 4.06. The number of carbonyl (C=O) groups excluding carboxylic acids is 1. The van der Waals surface area contributed by atoms with Crippen LogP contribution in [-0.2, 0) is 7.05 Å². The van der Waals surface area contributed by atoms with Gasteiger partial charge in [0.15, 0.2) is 0 Å². The summed E-state index contributed by atoms with van der Waals surface area (Å²) in [5.74, 6) is -0.645. The van der Waals surface area contributed by atoms with E-state index in [-0.39, 0.29) is 10.3 Å². The van der Waals surface area contributed by atoms with E-state index >= 15 is 0 Å². The minimum Gasteiger partial charge on any atom is -0.287 e. The lowest BCUT2D eigenvalue weighted by Gasteiger charge is -2.01. The van der Waals surface area contributed by atoms with E-state index in [2.05, 4.69) is 26.2 Å². The highest BCUT2D eigenvalue weighted by Gasteiger charge is 2.14. The van der Waals surface area contributed by atoms with Crippen molar-refractivity contribution in [2.45, 2.75) is 0 Å². The maximum Gasteiger partial charge on any atom is 0.212 e. The molecule has 4 nitrogen and oxygen atoms in total. The standard InChI is InChI=1S/C10H7BrFN3O/c1-15-9(5-13-14-15)10(16)6-2-3-8(12)7(11)4-6/h2-5H,1H3. The van der Waals surface area contributed by atoms with E-state index < -0.39 is 5.82 Å². The van der Waals surface area contributed by atoms with Crippen molar-refractivity contribution in [1.29, 1.82) is 0 Å². The van der Waals surface area contributed by atoms with Crippen molar-refractivity contribution in [3.63, 3.8) is 0 Å². The predicted molar refractivity (Wildman–Crippen MR) is 58.5 cm³/mol. The highest BCUT2D eigenvalue weighted by atomic mass is 79.9. The quantitative estimate of drug-likeness (QED) is 0.792. The summed E-state index contributed by atoms with van der Waals surface area (Å²) >= 11 is 3.03. The second kappa shape index (κ2) is 4.13. The first-order valence-corrected chi connectivity index (χ1v) is 5.23. The van der Waals surface area contributed by atoms with Crippen LogP contribution in [-0.4, -0.2) is 20.8 Å². The van der Waals surface area contributed by atoms with E-state index in [9.17, 15) is 9.18 Å². The van der Waals surface area contributed by atoms with Crippen LogP contribution in [0.15, 0.2) is 28.9 Å². The third-order valence-electron chi connectivity index (χ3n) is 2.13. The SMILES string of the molecule is Cn1nncc1C(=O)c1ccc(F)c(Br)c1. The lowest BCUT2D eigenvalue weighted by Crippen LogP contribution is -2.08. The average Bonchev–Trinajstić information content (AvgIpc) is 2.67. The largest absolute Gasteiger partial charge is 0.287 e. The molecule has 0 aliphatic heterocycles. The molecule has 6 heteroatoms. The molecule has 0 aliphatic carbocycles. The van der Waals surface area contributed by atoms with Crippen LogP contribution in [0.1, 0.15) is 16.1 Å². The number of hydrogen-bond acceptors (Lipinski definition) is 3. The van der Waals surface area contributed by atoms with Crippen molar-refractivity contribution in [3.8, 4) is 0 Å². The summed E-state index contributed by atoms with van der Waals surface area (Å²) in [7, 11) is 1.62. The smallest absolute Gasteiger partial charge is 0.212 e. The fraction of sp³-hybridized carbons (Fsp3) is 0.100. The summed E-state index contributed by atoms with van der Waals surface area (Å²) in [6.07, 6.45) is 1.37. The Morgan fingerprint density at radius 3 is 2.81 bits per heavy atom. The lowest BCUT2D eigenvalue weighted by molar-refractivity contribution is 0.103. The average molecular weight is 284 g/mol. The molecule has 0 saturated carbocycles. The maximum atomic E-state index is 13.0. The topological polar surface area (TPSA) is 47.8 Å². The number of rotatable bonds is 2. The van der Waals surface area contributed by atoms with E-state index in [1.54, 1.807) is 7.05 Å². The van der Waals surface area contributed by atoms with Gasteiger partial charge < -0.3 is 0 Å². The van der Waals surface area contributed by atoms with Gasteiger partial charge in [-0.25, -0.2) is 9.07 Å². The molecule has 16 heavy (non-hydrogen) atoms. The number of carbonyl (C=O) groups is 1. The van der Waals surface area contributed by atoms with Gasteiger partial charge in [-0.3, -0.25) is 4.79 Å². The second-order valence-electron chi connectivity index (χ2n) is 3.20. The minimum absolute atomic E-state index is 0.242. The summed E-state index contributed by atoms with van der Waals surface area (Å²) in [6, 6.07) is 4.10. The highest BCUT2D eigenvalue weighted by molar-refractivity contribution is 9.10. The summed E-state index contributed by atoms with van der Waals surface area (Å²) in [4.78, 5) is 11.9. The number of halogens is 2. The molecule has 2 rings (SSSR count). The van der Waals surface area contributed by atoms with E-state index in [0.29, 0.717) is 11.3 Å². The van der Waals surface area contributed by atoms with Crippen molar-refractivity contribution in [3.05, 3.63) is 45.9 Å². The molecule has 82 valence electrons. The molecule has 1 aromatic carbocycles. The number of benzene rings is 1. The Kier molecular flexibility index (Phi) is 2.82. The van der Waals surface area contributed by atoms with Gasteiger partial charge in [-0.05, 0) is 34.1 Å². The monoisotopic (exact) mass is 283 g/mol. The zero-order valence-corrected chi connectivity index (χ0v) is 9.90. The number of hydrogen-bond donors (Lipinski definition) is 0. The van der Waals surface area contributed by atoms with Gasteiger partial charge in [-0.1, -0.05) is 5.21 Å². The number of aryl methyl sites for hydroxylation is 1. The van der Waals surface area contributed by atoms with Crippen molar-refractivity contribution in [2.75, 3.05) is 0 Å². The summed E-state index contributed by atoms with van der Waals surface area (Å²) in [6.45, 7) is 0. The molecule has 1 heterocycles. The van der Waals surface area contributed by atoms with E-state index in [0.717, 1.165) is 0 Å². The van der Waals surface area contributed by atoms with Crippen molar-refractivity contribution >= 4 is 21.7 Å². The summed E-state index contributed by atoms with van der Waals surface area (Å²) in [5.41, 5.74) is 0.747. The van der Waals surface area contributed by atoms with Crippen molar-refractivity contribution < 1.29 is 9.18 Å². The van der Waals surface area contributed by atoms with Gasteiger partial charge in [0.25, 0.3) is 0 Å². The number of aromatic nitrogens is 3. The predicted octanol–water partition coefficient (Wildman–Crippen LogP) is 1.95. The van der Waals surface area contributed by atoms with Crippen LogP contribution in [0.2, 0.25) is 0 Å². The van der Waals surface area contributed by atoms with Crippen molar-refractivity contribution in [1.82, 2.24) is 15.0 Å². The molecule has 0 atom stereocenters. The lowest BCUT2D eigenvalue weighted by atomic mass is 10.1. The Morgan fingerprint density at radius 1 is 1.50 bits per heavy atom. The molecule has 0 spiro atoms. The Hall–Kier alpha value is -1.56.